The van der Waals surface area contributed by atoms with E-state index in [0.29, 0.717) is 0 Å². The maximum atomic E-state index is 2.36. The SMILES string of the molecule is Cc1cccc2c1C[C@@H](C)CC2. The molecule has 12 heavy (non-hydrogen) atoms. The first-order chi connectivity index (χ1) is 5.77. The van der Waals surface area contributed by atoms with Gasteiger partial charge >= 0.3 is 0 Å². The summed E-state index contributed by atoms with van der Waals surface area (Å²) in [5, 5.41) is 0. The summed E-state index contributed by atoms with van der Waals surface area (Å²) in [6, 6.07) is 6.70. The molecule has 0 heterocycles. The van der Waals surface area contributed by atoms with E-state index in [1.807, 2.05) is 0 Å². The van der Waals surface area contributed by atoms with Crippen molar-refractivity contribution in [2.24, 2.45) is 5.92 Å². The summed E-state index contributed by atoms with van der Waals surface area (Å²) in [5.41, 5.74) is 4.70. The van der Waals surface area contributed by atoms with Crippen molar-refractivity contribution in [1.82, 2.24) is 0 Å². The van der Waals surface area contributed by atoms with Gasteiger partial charge in [0.15, 0.2) is 0 Å². The van der Waals surface area contributed by atoms with Crippen LogP contribution in [0.5, 0.6) is 0 Å². The highest BCUT2D eigenvalue weighted by Gasteiger charge is 2.15. The fourth-order valence-corrected chi connectivity index (χ4v) is 2.14. The lowest BCUT2D eigenvalue weighted by molar-refractivity contribution is 0.499. The van der Waals surface area contributed by atoms with Gasteiger partial charge in [0, 0.05) is 0 Å². The van der Waals surface area contributed by atoms with Gasteiger partial charge in [-0.25, -0.2) is 0 Å². The van der Waals surface area contributed by atoms with E-state index in [1.165, 1.54) is 24.8 Å². The molecule has 0 nitrogen and oxygen atoms in total. The Morgan fingerprint density at radius 2 is 2.17 bits per heavy atom. The maximum Gasteiger partial charge on any atom is -0.0248 e. The first kappa shape index (κ1) is 7.85. The summed E-state index contributed by atoms with van der Waals surface area (Å²) >= 11 is 0. The molecule has 0 spiro atoms. The Labute approximate surface area is 74.6 Å². The van der Waals surface area contributed by atoms with E-state index in [4.69, 9.17) is 0 Å². The van der Waals surface area contributed by atoms with Gasteiger partial charge in [-0.1, -0.05) is 25.1 Å². The second-order valence-electron chi connectivity index (χ2n) is 4.06. The van der Waals surface area contributed by atoms with Crippen molar-refractivity contribution in [2.75, 3.05) is 0 Å². The first-order valence-corrected chi connectivity index (χ1v) is 4.84. The van der Waals surface area contributed by atoms with Crippen LogP contribution in [0.25, 0.3) is 0 Å². The molecule has 0 radical (unpaired) electrons. The molecule has 0 fully saturated rings. The van der Waals surface area contributed by atoms with E-state index >= 15 is 0 Å². The molecule has 0 N–H and O–H groups in total. The van der Waals surface area contributed by atoms with E-state index < -0.39 is 0 Å². The molecule has 1 aromatic rings. The minimum atomic E-state index is 0.888. The lowest BCUT2D eigenvalue weighted by atomic mass is 9.83. The molecule has 0 aliphatic heterocycles. The summed E-state index contributed by atoms with van der Waals surface area (Å²) in [6.45, 7) is 4.59. The average Bonchev–Trinajstić information content (AvgIpc) is 2.07. The molecule has 1 aliphatic carbocycles. The minimum Gasteiger partial charge on any atom is -0.0622 e. The Morgan fingerprint density at radius 3 is 3.00 bits per heavy atom. The van der Waals surface area contributed by atoms with Gasteiger partial charge in [-0.3, -0.25) is 0 Å². The molecule has 2 rings (SSSR count). The van der Waals surface area contributed by atoms with Crippen LogP contribution in [0.4, 0.5) is 0 Å². The third-order valence-corrected chi connectivity index (χ3v) is 2.97. The predicted molar refractivity (Wildman–Crippen MR) is 52.4 cm³/mol. The van der Waals surface area contributed by atoms with Crippen molar-refractivity contribution < 1.29 is 0 Å². The number of rotatable bonds is 0. The van der Waals surface area contributed by atoms with Gasteiger partial charge in [0.05, 0.1) is 0 Å². The van der Waals surface area contributed by atoms with Gasteiger partial charge in [0.25, 0.3) is 0 Å². The maximum absolute atomic E-state index is 2.36. The summed E-state index contributed by atoms with van der Waals surface area (Å²) in [7, 11) is 0. The molecule has 0 heteroatoms. The van der Waals surface area contributed by atoms with Crippen LogP contribution in [0, 0.1) is 12.8 Å². The van der Waals surface area contributed by atoms with Crippen LogP contribution in [0.2, 0.25) is 0 Å². The van der Waals surface area contributed by atoms with Crippen molar-refractivity contribution in [3.63, 3.8) is 0 Å². The number of benzene rings is 1. The van der Waals surface area contributed by atoms with E-state index in [0.717, 1.165) is 5.92 Å². The molecule has 64 valence electrons. The lowest BCUT2D eigenvalue weighted by Gasteiger charge is -2.22. The first-order valence-electron chi connectivity index (χ1n) is 4.84. The van der Waals surface area contributed by atoms with Crippen LogP contribution in [0.15, 0.2) is 18.2 Å². The van der Waals surface area contributed by atoms with Crippen LogP contribution in [0.1, 0.15) is 30.0 Å². The Bertz CT molecular complexity index is 286. The molecule has 1 aromatic carbocycles. The second kappa shape index (κ2) is 2.93. The number of hydrogen-bond acceptors (Lipinski definition) is 0. The lowest BCUT2D eigenvalue weighted by Crippen LogP contribution is -2.12. The summed E-state index contributed by atoms with van der Waals surface area (Å²) in [5.74, 6) is 0.888. The van der Waals surface area contributed by atoms with Gasteiger partial charge in [0.1, 0.15) is 0 Å². The quantitative estimate of drug-likeness (QED) is 0.547. The molecule has 1 aliphatic rings. The van der Waals surface area contributed by atoms with E-state index in [1.54, 1.807) is 11.1 Å². The van der Waals surface area contributed by atoms with Crippen molar-refractivity contribution in [1.29, 1.82) is 0 Å². The Morgan fingerprint density at radius 1 is 1.33 bits per heavy atom. The van der Waals surface area contributed by atoms with Crippen molar-refractivity contribution >= 4 is 0 Å². The zero-order valence-electron chi connectivity index (χ0n) is 7.93. The van der Waals surface area contributed by atoms with Gasteiger partial charge < -0.3 is 0 Å². The highest BCUT2D eigenvalue weighted by atomic mass is 14.2. The molecule has 1 atom stereocenters. The number of aryl methyl sites for hydroxylation is 2. The van der Waals surface area contributed by atoms with Crippen molar-refractivity contribution in [2.45, 2.75) is 33.1 Å². The molecule has 0 unspecified atom stereocenters. The molecule has 0 amide bonds. The Hall–Kier alpha value is -0.780. The van der Waals surface area contributed by atoms with E-state index in [-0.39, 0.29) is 0 Å². The second-order valence-corrected chi connectivity index (χ2v) is 4.06. The van der Waals surface area contributed by atoms with Crippen LogP contribution in [-0.2, 0) is 12.8 Å². The normalized spacial score (nSPS) is 22.0. The zero-order valence-corrected chi connectivity index (χ0v) is 7.93. The van der Waals surface area contributed by atoms with Crippen LogP contribution < -0.4 is 0 Å². The Balaban J connectivity index is 2.43. The topological polar surface area (TPSA) is 0 Å². The fourth-order valence-electron chi connectivity index (χ4n) is 2.14. The van der Waals surface area contributed by atoms with Gasteiger partial charge in [-0.15, -0.1) is 0 Å². The third kappa shape index (κ3) is 1.26. The van der Waals surface area contributed by atoms with Gasteiger partial charge in [-0.2, -0.15) is 0 Å². The van der Waals surface area contributed by atoms with Crippen molar-refractivity contribution in [3.05, 3.63) is 34.9 Å². The average molecular weight is 160 g/mol. The Kier molecular flexibility index (Phi) is 1.92. The fraction of sp³-hybridized carbons (Fsp3) is 0.500. The van der Waals surface area contributed by atoms with Crippen molar-refractivity contribution in [3.8, 4) is 0 Å². The number of hydrogen-bond donors (Lipinski definition) is 0. The molecule has 0 saturated heterocycles. The van der Waals surface area contributed by atoms with Crippen LogP contribution in [-0.4, -0.2) is 0 Å². The molecular formula is C12H16. The largest absolute Gasteiger partial charge is 0.0622 e. The molecule has 0 bridgehead atoms. The molecular weight excluding hydrogens is 144 g/mol. The van der Waals surface area contributed by atoms with E-state index in [2.05, 4.69) is 32.0 Å². The van der Waals surface area contributed by atoms with Gasteiger partial charge in [-0.05, 0) is 48.8 Å². The van der Waals surface area contributed by atoms with Crippen LogP contribution in [0.3, 0.4) is 0 Å². The zero-order chi connectivity index (χ0) is 8.55. The molecule has 0 saturated carbocycles. The highest BCUT2D eigenvalue weighted by Crippen LogP contribution is 2.27. The minimum absolute atomic E-state index is 0.888. The smallest absolute Gasteiger partial charge is 0.0248 e. The third-order valence-electron chi connectivity index (χ3n) is 2.97. The van der Waals surface area contributed by atoms with E-state index in [9.17, 15) is 0 Å². The summed E-state index contributed by atoms with van der Waals surface area (Å²) in [4.78, 5) is 0. The number of fused-ring (bicyclic) bond motifs is 1. The standard InChI is InChI=1S/C12H16/c1-9-6-7-11-5-3-4-10(2)12(11)8-9/h3-5,9H,6-8H2,1-2H3/t9-/m0/s1. The predicted octanol–water partition coefficient (Wildman–Crippen LogP) is 3.12. The van der Waals surface area contributed by atoms with Gasteiger partial charge in [0.2, 0.25) is 0 Å². The summed E-state index contributed by atoms with van der Waals surface area (Å²) < 4.78 is 0. The monoisotopic (exact) mass is 160 g/mol. The summed E-state index contributed by atoms with van der Waals surface area (Å²) in [6.07, 6.45) is 3.96. The highest BCUT2D eigenvalue weighted by molar-refractivity contribution is 5.36. The molecule has 0 aromatic heterocycles. The van der Waals surface area contributed by atoms with Crippen LogP contribution >= 0.6 is 0 Å².